The molecule has 19 heavy (non-hydrogen) atoms. The summed E-state index contributed by atoms with van der Waals surface area (Å²) in [6.07, 6.45) is 0.300. The van der Waals surface area contributed by atoms with Crippen molar-refractivity contribution in [2.75, 3.05) is 0 Å². The van der Waals surface area contributed by atoms with E-state index in [0.29, 0.717) is 17.0 Å². The Balaban J connectivity index is 2.20. The molecule has 0 heterocycles. The molecule has 0 saturated heterocycles. The number of halogens is 4. The average molecular weight is 301 g/mol. The van der Waals surface area contributed by atoms with Gasteiger partial charge in [-0.1, -0.05) is 29.8 Å². The maximum atomic E-state index is 13.6. The molecule has 0 spiro atoms. The summed E-state index contributed by atoms with van der Waals surface area (Å²) in [5.41, 5.74) is 2.19. The molecule has 0 fully saturated rings. The van der Waals surface area contributed by atoms with E-state index in [-0.39, 0.29) is 5.38 Å². The lowest BCUT2D eigenvalue weighted by Gasteiger charge is -2.12. The average Bonchev–Trinajstić information content (AvgIpc) is 2.36. The molecule has 0 saturated carbocycles. The first-order valence-corrected chi connectivity index (χ1v) is 6.63. The third-order valence-electron chi connectivity index (χ3n) is 2.96. The van der Waals surface area contributed by atoms with E-state index < -0.39 is 11.6 Å². The number of rotatable bonds is 3. The van der Waals surface area contributed by atoms with Gasteiger partial charge in [-0.15, -0.1) is 11.6 Å². The Morgan fingerprint density at radius 3 is 2.47 bits per heavy atom. The molecule has 1 unspecified atom stereocenters. The second kappa shape index (κ2) is 5.89. The van der Waals surface area contributed by atoms with Gasteiger partial charge in [-0.05, 0) is 42.2 Å². The van der Waals surface area contributed by atoms with Crippen molar-refractivity contribution < 1.29 is 8.78 Å². The molecule has 0 N–H and O–H groups in total. The highest BCUT2D eigenvalue weighted by atomic mass is 35.5. The van der Waals surface area contributed by atoms with E-state index in [9.17, 15) is 8.78 Å². The minimum atomic E-state index is -0.588. The van der Waals surface area contributed by atoms with Crippen molar-refractivity contribution in [2.45, 2.75) is 18.7 Å². The van der Waals surface area contributed by atoms with Crippen LogP contribution >= 0.6 is 23.2 Å². The van der Waals surface area contributed by atoms with Crippen molar-refractivity contribution >= 4 is 23.2 Å². The molecule has 0 aliphatic heterocycles. The molecule has 0 aliphatic carbocycles. The van der Waals surface area contributed by atoms with Crippen LogP contribution < -0.4 is 0 Å². The molecule has 0 aliphatic rings. The van der Waals surface area contributed by atoms with Crippen LogP contribution in [0.15, 0.2) is 36.4 Å². The van der Waals surface area contributed by atoms with Gasteiger partial charge < -0.3 is 0 Å². The molecule has 0 bridgehead atoms. The largest absolute Gasteiger partial charge is 0.207 e. The van der Waals surface area contributed by atoms with Crippen molar-refractivity contribution in [1.29, 1.82) is 0 Å². The number of aryl methyl sites for hydroxylation is 1. The van der Waals surface area contributed by atoms with E-state index in [0.717, 1.165) is 17.2 Å². The number of benzene rings is 2. The van der Waals surface area contributed by atoms with E-state index >= 15 is 0 Å². The molecular weight excluding hydrogens is 289 g/mol. The summed E-state index contributed by atoms with van der Waals surface area (Å²) in [4.78, 5) is 0. The van der Waals surface area contributed by atoms with Gasteiger partial charge in [0.2, 0.25) is 0 Å². The molecule has 0 nitrogen and oxygen atoms in total. The van der Waals surface area contributed by atoms with E-state index in [4.69, 9.17) is 23.2 Å². The standard InChI is InChI=1S/C15H12Cl2F2/c1-9-6-10(3-5-13(9)16)14(17)7-11-2-4-12(18)8-15(11)19/h2-6,8,14H,7H2,1H3. The first kappa shape index (κ1) is 14.3. The van der Waals surface area contributed by atoms with Gasteiger partial charge in [0.05, 0.1) is 5.38 Å². The third kappa shape index (κ3) is 3.46. The molecule has 0 aromatic heterocycles. The van der Waals surface area contributed by atoms with Gasteiger partial charge in [0.15, 0.2) is 0 Å². The highest BCUT2D eigenvalue weighted by Gasteiger charge is 2.13. The van der Waals surface area contributed by atoms with E-state index in [1.54, 1.807) is 6.07 Å². The molecule has 1 atom stereocenters. The van der Waals surface area contributed by atoms with Crippen LogP contribution in [0.4, 0.5) is 8.78 Å². The molecule has 2 aromatic carbocycles. The second-order valence-corrected chi connectivity index (χ2v) is 5.35. The van der Waals surface area contributed by atoms with Gasteiger partial charge in [-0.3, -0.25) is 0 Å². The quantitative estimate of drug-likeness (QED) is 0.661. The zero-order valence-electron chi connectivity index (χ0n) is 10.3. The summed E-state index contributed by atoms with van der Waals surface area (Å²) >= 11 is 12.2. The van der Waals surface area contributed by atoms with Crippen LogP contribution in [-0.4, -0.2) is 0 Å². The highest BCUT2D eigenvalue weighted by molar-refractivity contribution is 6.31. The molecule has 2 rings (SSSR count). The maximum absolute atomic E-state index is 13.6. The highest BCUT2D eigenvalue weighted by Crippen LogP contribution is 2.29. The molecule has 0 radical (unpaired) electrons. The molecule has 100 valence electrons. The van der Waals surface area contributed by atoms with Crippen LogP contribution in [0.25, 0.3) is 0 Å². The van der Waals surface area contributed by atoms with Crippen LogP contribution in [0.2, 0.25) is 5.02 Å². The fourth-order valence-electron chi connectivity index (χ4n) is 1.86. The van der Waals surface area contributed by atoms with Crippen molar-refractivity contribution in [3.05, 3.63) is 69.7 Å². The predicted octanol–water partition coefficient (Wildman–Crippen LogP) is 5.45. The zero-order chi connectivity index (χ0) is 14.0. The summed E-state index contributed by atoms with van der Waals surface area (Å²) in [5.74, 6) is -1.16. The van der Waals surface area contributed by atoms with E-state index in [1.165, 1.54) is 12.1 Å². The Kier molecular flexibility index (Phi) is 4.43. The predicted molar refractivity (Wildman–Crippen MR) is 74.8 cm³/mol. The molecular formula is C15H12Cl2F2. The topological polar surface area (TPSA) is 0 Å². The number of hydrogen-bond donors (Lipinski definition) is 0. The van der Waals surface area contributed by atoms with Crippen LogP contribution in [0.3, 0.4) is 0 Å². The Morgan fingerprint density at radius 2 is 1.84 bits per heavy atom. The Hall–Kier alpha value is -1.12. The van der Waals surface area contributed by atoms with Gasteiger partial charge >= 0.3 is 0 Å². The fourth-order valence-corrected chi connectivity index (χ4v) is 2.28. The van der Waals surface area contributed by atoms with Gasteiger partial charge in [-0.2, -0.15) is 0 Å². The first-order chi connectivity index (χ1) is 8.97. The van der Waals surface area contributed by atoms with Crippen LogP contribution in [0, 0.1) is 18.6 Å². The van der Waals surface area contributed by atoms with Crippen molar-refractivity contribution in [3.8, 4) is 0 Å². The summed E-state index contributed by atoms with van der Waals surface area (Å²) < 4.78 is 26.4. The lowest BCUT2D eigenvalue weighted by molar-refractivity contribution is 0.570. The van der Waals surface area contributed by atoms with Crippen LogP contribution in [-0.2, 0) is 6.42 Å². The minimum absolute atomic E-state index is 0.300. The van der Waals surface area contributed by atoms with Crippen molar-refractivity contribution in [1.82, 2.24) is 0 Å². The molecule has 0 amide bonds. The van der Waals surface area contributed by atoms with Gasteiger partial charge in [0.1, 0.15) is 11.6 Å². The maximum Gasteiger partial charge on any atom is 0.129 e. The molecule has 4 heteroatoms. The minimum Gasteiger partial charge on any atom is -0.207 e. The number of hydrogen-bond acceptors (Lipinski definition) is 0. The van der Waals surface area contributed by atoms with E-state index in [1.807, 2.05) is 19.1 Å². The zero-order valence-corrected chi connectivity index (χ0v) is 11.8. The Morgan fingerprint density at radius 1 is 1.11 bits per heavy atom. The summed E-state index contributed by atoms with van der Waals surface area (Å²) in [5, 5.41) is 0.288. The van der Waals surface area contributed by atoms with E-state index in [2.05, 4.69) is 0 Å². The lowest BCUT2D eigenvalue weighted by atomic mass is 10.0. The summed E-state index contributed by atoms with van der Waals surface area (Å²) in [6.45, 7) is 1.88. The lowest BCUT2D eigenvalue weighted by Crippen LogP contribution is -1.99. The van der Waals surface area contributed by atoms with Crippen molar-refractivity contribution in [3.63, 3.8) is 0 Å². The third-order valence-corrected chi connectivity index (χ3v) is 3.79. The summed E-state index contributed by atoms with van der Waals surface area (Å²) in [6, 6.07) is 8.97. The van der Waals surface area contributed by atoms with Gasteiger partial charge in [0, 0.05) is 11.1 Å². The van der Waals surface area contributed by atoms with Gasteiger partial charge in [-0.25, -0.2) is 8.78 Å². The monoisotopic (exact) mass is 300 g/mol. The summed E-state index contributed by atoms with van der Waals surface area (Å²) in [7, 11) is 0. The van der Waals surface area contributed by atoms with Crippen LogP contribution in [0.5, 0.6) is 0 Å². The normalized spacial score (nSPS) is 12.5. The Labute approximate surface area is 121 Å². The fraction of sp³-hybridized carbons (Fsp3) is 0.200. The van der Waals surface area contributed by atoms with Crippen LogP contribution in [0.1, 0.15) is 22.1 Å². The Bertz CT molecular complexity index is 597. The molecule has 2 aromatic rings. The first-order valence-electron chi connectivity index (χ1n) is 5.81. The smallest absolute Gasteiger partial charge is 0.129 e. The second-order valence-electron chi connectivity index (χ2n) is 4.42. The SMILES string of the molecule is Cc1cc(C(Cl)Cc2ccc(F)cc2F)ccc1Cl. The van der Waals surface area contributed by atoms with Crippen molar-refractivity contribution in [2.24, 2.45) is 0 Å². The number of alkyl halides is 1. The van der Waals surface area contributed by atoms with Gasteiger partial charge in [0.25, 0.3) is 0 Å².